The van der Waals surface area contributed by atoms with Gasteiger partial charge < -0.3 is 9.26 Å². The monoisotopic (exact) mass is 178 g/mol. The van der Waals surface area contributed by atoms with Crippen molar-refractivity contribution in [3.05, 3.63) is 42.9 Å². The van der Waals surface area contributed by atoms with Gasteiger partial charge in [0.1, 0.15) is 6.26 Å². The number of hydrogen-bond acceptors (Lipinski definition) is 4. The van der Waals surface area contributed by atoms with Crippen molar-refractivity contribution in [1.82, 2.24) is 10.1 Å². The van der Waals surface area contributed by atoms with Crippen molar-refractivity contribution in [2.24, 2.45) is 0 Å². The van der Waals surface area contributed by atoms with Crippen LogP contribution in [0.5, 0.6) is 5.88 Å². The largest absolute Gasteiger partial charge is 0.481 e. The molecule has 0 aliphatic carbocycles. The second-order valence-electron chi connectivity index (χ2n) is 2.06. The average Bonchev–Trinajstić information content (AvgIpc) is 2.77. The summed E-state index contributed by atoms with van der Waals surface area (Å²) >= 11 is 0. The van der Waals surface area contributed by atoms with E-state index in [0.717, 1.165) is 0 Å². The van der Waals surface area contributed by atoms with Crippen LogP contribution in [-0.4, -0.2) is 17.3 Å². The maximum Gasteiger partial charge on any atom is 0.212 e. The van der Waals surface area contributed by atoms with E-state index in [0.29, 0.717) is 5.88 Å². The third-order valence-electron chi connectivity index (χ3n) is 1.19. The summed E-state index contributed by atoms with van der Waals surface area (Å²) < 4.78 is 9.14. The summed E-state index contributed by atoms with van der Waals surface area (Å²) in [5.74, 6) is 0.660. The summed E-state index contributed by atoms with van der Waals surface area (Å²) in [5, 5.41) is 3.35. The molecule has 13 heavy (non-hydrogen) atoms. The van der Waals surface area contributed by atoms with Gasteiger partial charge in [-0.15, -0.1) is 0 Å². The Hall–Kier alpha value is -1.84. The topological polar surface area (TPSA) is 48.2 Å². The van der Waals surface area contributed by atoms with Crippen molar-refractivity contribution in [2.75, 3.05) is 7.11 Å². The molecule has 4 nitrogen and oxygen atoms in total. The minimum atomic E-state index is 0.660. The van der Waals surface area contributed by atoms with Crippen molar-refractivity contribution >= 4 is 0 Å². The molecule has 4 heteroatoms. The van der Waals surface area contributed by atoms with E-state index in [9.17, 15) is 0 Å². The zero-order valence-electron chi connectivity index (χ0n) is 7.25. The van der Waals surface area contributed by atoms with Crippen molar-refractivity contribution < 1.29 is 9.26 Å². The zero-order valence-corrected chi connectivity index (χ0v) is 7.25. The van der Waals surface area contributed by atoms with Crippen LogP contribution in [0, 0.1) is 0 Å². The van der Waals surface area contributed by atoms with E-state index in [4.69, 9.17) is 4.74 Å². The Kier molecular flexibility index (Phi) is 4.10. The van der Waals surface area contributed by atoms with Gasteiger partial charge in [-0.25, -0.2) is 4.98 Å². The van der Waals surface area contributed by atoms with Crippen LogP contribution in [0.3, 0.4) is 0 Å². The van der Waals surface area contributed by atoms with Crippen LogP contribution in [0.4, 0.5) is 0 Å². The molecule has 0 aromatic carbocycles. The first kappa shape index (κ1) is 9.25. The van der Waals surface area contributed by atoms with Crippen LogP contribution in [0.15, 0.2) is 47.4 Å². The molecule has 0 amide bonds. The molecule has 0 saturated heterocycles. The van der Waals surface area contributed by atoms with Gasteiger partial charge in [-0.1, -0.05) is 11.2 Å². The number of aromatic nitrogens is 2. The lowest BCUT2D eigenvalue weighted by atomic mass is 10.5. The quantitative estimate of drug-likeness (QED) is 0.667. The maximum atomic E-state index is 4.80. The van der Waals surface area contributed by atoms with E-state index >= 15 is 0 Å². The normalized spacial score (nSPS) is 8.38. The first-order valence-corrected chi connectivity index (χ1v) is 3.73. The number of pyridine rings is 1. The Morgan fingerprint density at radius 3 is 2.46 bits per heavy atom. The van der Waals surface area contributed by atoms with Crippen LogP contribution in [-0.2, 0) is 0 Å². The van der Waals surface area contributed by atoms with E-state index < -0.39 is 0 Å². The zero-order chi connectivity index (χ0) is 9.36. The average molecular weight is 178 g/mol. The van der Waals surface area contributed by atoms with E-state index in [1.54, 1.807) is 31.6 Å². The Morgan fingerprint density at radius 2 is 2.15 bits per heavy atom. The van der Waals surface area contributed by atoms with Gasteiger partial charge in [0.05, 0.1) is 13.3 Å². The highest BCUT2D eigenvalue weighted by molar-refractivity contribution is 5.08. The Bertz CT molecular complexity index is 277. The predicted molar refractivity (Wildman–Crippen MR) is 47.3 cm³/mol. The van der Waals surface area contributed by atoms with Crippen molar-refractivity contribution in [3.63, 3.8) is 0 Å². The van der Waals surface area contributed by atoms with Gasteiger partial charge in [0, 0.05) is 12.3 Å². The maximum absolute atomic E-state index is 4.80. The number of nitrogens with zero attached hydrogens (tertiary/aromatic N) is 2. The summed E-state index contributed by atoms with van der Waals surface area (Å²) in [6.07, 6.45) is 4.79. The van der Waals surface area contributed by atoms with Gasteiger partial charge in [-0.3, -0.25) is 0 Å². The highest BCUT2D eigenvalue weighted by Crippen LogP contribution is 1.99. The Balaban J connectivity index is 0.000000145. The molecular formula is C9H10N2O2. The van der Waals surface area contributed by atoms with Gasteiger partial charge in [-0.2, -0.15) is 0 Å². The van der Waals surface area contributed by atoms with Crippen LogP contribution >= 0.6 is 0 Å². The molecule has 0 aliphatic heterocycles. The fourth-order valence-corrected chi connectivity index (χ4v) is 0.644. The van der Waals surface area contributed by atoms with Gasteiger partial charge in [0.2, 0.25) is 5.88 Å². The standard InChI is InChI=1S/C6H7NO.C3H3NO/c1-8-6-4-2-3-5-7-6;1-2-4-5-3-1/h2-5H,1H3;1-3H. The molecule has 0 atom stereocenters. The first-order valence-electron chi connectivity index (χ1n) is 3.73. The van der Waals surface area contributed by atoms with Crippen LogP contribution < -0.4 is 4.74 Å². The second-order valence-corrected chi connectivity index (χ2v) is 2.06. The molecule has 0 saturated carbocycles. The van der Waals surface area contributed by atoms with Crippen molar-refractivity contribution in [1.29, 1.82) is 0 Å². The summed E-state index contributed by atoms with van der Waals surface area (Å²) in [6, 6.07) is 7.26. The van der Waals surface area contributed by atoms with Gasteiger partial charge in [0.25, 0.3) is 0 Å². The van der Waals surface area contributed by atoms with Gasteiger partial charge in [0.15, 0.2) is 0 Å². The second kappa shape index (κ2) is 5.77. The molecule has 0 unspecified atom stereocenters. The summed E-state index contributed by atoms with van der Waals surface area (Å²) in [4.78, 5) is 3.88. The highest BCUT2D eigenvalue weighted by atomic mass is 16.5. The predicted octanol–water partition coefficient (Wildman–Crippen LogP) is 1.76. The number of ether oxygens (including phenoxy) is 1. The van der Waals surface area contributed by atoms with Crippen molar-refractivity contribution in [2.45, 2.75) is 0 Å². The number of methoxy groups -OCH3 is 1. The molecule has 2 aromatic rings. The number of hydrogen-bond donors (Lipinski definition) is 0. The molecule has 2 heterocycles. The Labute approximate surface area is 76.2 Å². The molecular weight excluding hydrogens is 168 g/mol. The minimum absolute atomic E-state index is 0.660. The van der Waals surface area contributed by atoms with Crippen molar-refractivity contribution in [3.8, 4) is 5.88 Å². The Morgan fingerprint density at radius 1 is 1.23 bits per heavy atom. The summed E-state index contributed by atoms with van der Waals surface area (Å²) in [6.45, 7) is 0. The molecule has 2 aromatic heterocycles. The minimum Gasteiger partial charge on any atom is -0.481 e. The number of rotatable bonds is 1. The molecule has 2 rings (SSSR count). The van der Waals surface area contributed by atoms with Gasteiger partial charge in [-0.05, 0) is 12.1 Å². The lowest BCUT2D eigenvalue weighted by Crippen LogP contribution is -1.83. The molecule has 0 fully saturated rings. The molecule has 0 aliphatic rings. The molecule has 68 valence electrons. The molecule has 0 bridgehead atoms. The smallest absolute Gasteiger partial charge is 0.212 e. The SMILES string of the molecule is COc1ccccn1.c1cnoc1. The third kappa shape index (κ3) is 3.91. The fraction of sp³-hybridized carbons (Fsp3) is 0.111. The van der Waals surface area contributed by atoms with Gasteiger partial charge >= 0.3 is 0 Å². The molecule has 0 radical (unpaired) electrons. The van der Waals surface area contributed by atoms with E-state index in [2.05, 4.69) is 14.7 Å². The summed E-state index contributed by atoms with van der Waals surface area (Å²) in [5.41, 5.74) is 0. The van der Waals surface area contributed by atoms with E-state index in [1.165, 1.54) is 6.26 Å². The van der Waals surface area contributed by atoms with E-state index in [-0.39, 0.29) is 0 Å². The summed E-state index contributed by atoms with van der Waals surface area (Å²) in [7, 11) is 1.60. The van der Waals surface area contributed by atoms with Crippen LogP contribution in [0.2, 0.25) is 0 Å². The van der Waals surface area contributed by atoms with Crippen LogP contribution in [0.25, 0.3) is 0 Å². The lowest BCUT2D eigenvalue weighted by Gasteiger charge is -1.92. The van der Waals surface area contributed by atoms with E-state index in [1.807, 2.05) is 12.1 Å². The first-order chi connectivity index (χ1) is 6.43. The molecule has 0 N–H and O–H groups in total. The lowest BCUT2D eigenvalue weighted by molar-refractivity contribution is 0.398. The fourth-order valence-electron chi connectivity index (χ4n) is 0.644. The molecule has 0 spiro atoms. The highest BCUT2D eigenvalue weighted by Gasteiger charge is 1.82. The third-order valence-corrected chi connectivity index (χ3v) is 1.19. The van der Waals surface area contributed by atoms with Crippen LogP contribution in [0.1, 0.15) is 0 Å².